The summed E-state index contributed by atoms with van der Waals surface area (Å²) in [5.41, 5.74) is 7.16. The van der Waals surface area contributed by atoms with Crippen LogP contribution in [0.1, 0.15) is 44.1 Å². The quantitative estimate of drug-likeness (QED) is 0.458. The average Bonchev–Trinajstić information content (AvgIpc) is 2.82. The summed E-state index contributed by atoms with van der Waals surface area (Å²) in [4.78, 5) is 6.62. The van der Waals surface area contributed by atoms with Gasteiger partial charge in [-0.2, -0.15) is 0 Å². The molecule has 3 N–H and O–H groups in total. The van der Waals surface area contributed by atoms with Gasteiger partial charge in [-0.3, -0.25) is 0 Å². The summed E-state index contributed by atoms with van der Waals surface area (Å²) in [5, 5.41) is 3.39. The molecule has 1 saturated carbocycles. The minimum atomic E-state index is 0.475. The second kappa shape index (κ2) is 10.2. The molecule has 1 aromatic rings. The van der Waals surface area contributed by atoms with E-state index in [1.807, 2.05) is 38.4 Å². The first-order chi connectivity index (χ1) is 11.6. The Morgan fingerprint density at radius 3 is 2.62 bits per heavy atom. The Kier molecular flexibility index (Phi) is 7.89. The van der Waals surface area contributed by atoms with Gasteiger partial charge in [-0.15, -0.1) is 0 Å². The summed E-state index contributed by atoms with van der Waals surface area (Å²) >= 11 is 0. The average molecular weight is 332 g/mol. The number of guanidine groups is 1. The molecule has 0 radical (unpaired) electrons. The summed E-state index contributed by atoms with van der Waals surface area (Å²) in [6.45, 7) is 2.11. The van der Waals surface area contributed by atoms with Crippen molar-refractivity contribution in [1.29, 1.82) is 0 Å². The number of benzene rings is 1. The van der Waals surface area contributed by atoms with Gasteiger partial charge in [0.2, 0.25) is 0 Å². The SMILES string of the molecule is CN(C)CCOc1ccccc1CN=C(N)NC1CCCCCC1. The number of hydrogen-bond donors (Lipinski definition) is 2. The lowest BCUT2D eigenvalue weighted by Crippen LogP contribution is -2.39. The van der Waals surface area contributed by atoms with Gasteiger partial charge in [-0.1, -0.05) is 43.9 Å². The van der Waals surface area contributed by atoms with Crippen LogP contribution in [0.25, 0.3) is 0 Å². The first kappa shape index (κ1) is 18.6. The monoisotopic (exact) mass is 332 g/mol. The molecule has 0 bridgehead atoms. The van der Waals surface area contributed by atoms with Gasteiger partial charge in [0.15, 0.2) is 5.96 Å². The van der Waals surface area contributed by atoms with Gasteiger partial charge < -0.3 is 20.7 Å². The molecule has 0 amide bonds. The molecule has 0 saturated heterocycles. The second-order valence-corrected chi connectivity index (χ2v) is 6.79. The van der Waals surface area contributed by atoms with E-state index in [9.17, 15) is 0 Å². The van der Waals surface area contributed by atoms with Gasteiger partial charge in [0.05, 0.1) is 6.54 Å². The Morgan fingerprint density at radius 1 is 1.21 bits per heavy atom. The molecular weight excluding hydrogens is 300 g/mol. The Morgan fingerprint density at radius 2 is 1.92 bits per heavy atom. The van der Waals surface area contributed by atoms with Crippen LogP contribution in [0.15, 0.2) is 29.3 Å². The molecule has 0 aromatic heterocycles. The third-order valence-electron chi connectivity index (χ3n) is 4.40. The lowest BCUT2D eigenvalue weighted by molar-refractivity contribution is 0.259. The second-order valence-electron chi connectivity index (χ2n) is 6.79. The Balaban J connectivity index is 1.87. The van der Waals surface area contributed by atoms with Crippen LogP contribution in [-0.2, 0) is 6.54 Å². The van der Waals surface area contributed by atoms with Crippen molar-refractivity contribution in [3.8, 4) is 5.75 Å². The van der Waals surface area contributed by atoms with Crippen molar-refractivity contribution < 1.29 is 4.74 Å². The van der Waals surface area contributed by atoms with E-state index in [1.165, 1.54) is 38.5 Å². The highest BCUT2D eigenvalue weighted by Gasteiger charge is 2.12. The maximum Gasteiger partial charge on any atom is 0.189 e. The van der Waals surface area contributed by atoms with Crippen molar-refractivity contribution in [2.24, 2.45) is 10.7 Å². The molecule has 1 aliphatic carbocycles. The molecule has 5 nitrogen and oxygen atoms in total. The van der Waals surface area contributed by atoms with Crippen LogP contribution in [0.2, 0.25) is 0 Å². The largest absolute Gasteiger partial charge is 0.492 e. The number of likely N-dealkylation sites (N-methyl/N-ethyl adjacent to an activating group) is 1. The van der Waals surface area contributed by atoms with E-state index in [0.29, 0.717) is 25.2 Å². The summed E-state index contributed by atoms with van der Waals surface area (Å²) in [7, 11) is 4.08. The zero-order valence-electron chi connectivity index (χ0n) is 15.1. The molecule has 0 heterocycles. The lowest BCUT2D eigenvalue weighted by atomic mass is 10.1. The summed E-state index contributed by atoms with van der Waals surface area (Å²) in [5.74, 6) is 1.44. The number of nitrogens with one attached hydrogen (secondary N) is 1. The molecular formula is C19H32N4O. The van der Waals surface area contributed by atoms with E-state index in [2.05, 4.69) is 15.2 Å². The molecule has 134 valence electrons. The zero-order chi connectivity index (χ0) is 17.2. The van der Waals surface area contributed by atoms with E-state index >= 15 is 0 Å². The van der Waals surface area contributed by atoms with Crippen molar-refractivity contribution in [2.75, 3.05) is 27.2 Å². The van der Waals surface area contributed by atoms with Crippen LogP contribution in [0.5, 0.6) is 5.75 Å². The number of aliphatic imine (C=N–C) groups is 1. The van der Waals surface area contributed by atoms with Gasteiger partial charge in [-0.25, -0.2) is 4.99 Å². The first-order valence-electron chi connectivity index (χ1n) is 9.07. The van der Waals surface area contributed by atoms with Crippen LogP contribution in [0.3, 0.4) is 0 Å². The number of rotatable bonds is 7. The minimum absolute atomic E-state index is 0.475. The van der Waals surface area contributed by atoms with Crippen LogP contribution in [0, 0.1) is 0 Å². The number of nitrogens with two attached hydrogens (primary N) is 1. The number of hydrogen-bond acceptors (Lipinski definition) is 3. The summed E-state index contributed by atoms with van der Waals surface area (Å²) in [6.07, 6.45) is 7.64. The summed E-state index contributed by atoms with van der Waals surface area (Å²) in [6, 6.07) is 8.52. The fraction of sp³-hybridized carbons (Fsp3) is 0.632. The normalized spacial score (nSPS) is 16.9. The molecule has 0 spiro atoms. The van der Waals surface area contributed by atoms with Gasteiger partial charge in [0.25, 0.3) is 0 Å². The van der Waals surface area contributed by atoms with E-state index < -0.39 is 0 Å². The third kappa shape index (κ3) is 6.79. The van der Waals surface area contributed by atoms with Crippen molar-refractivity contribution in [2.45, 2.75) is 51.1 Å². The maximum absolute atomic E-state index is 6.08. The maximum atomic E-state index is 6.08. The van der Waals surface area contributed by atoms with E-state index in [4.69, 9.17) is 10.5 Å². The Hall–Kier alpha value is -1.75. The molecule has 1 aliphatic rings. The van der Waals surface area contributed by atoms with Crippen LogP contribution < -0.4 is 15.8 Å². The minimum Gasteiger partial charge on any atom is -0.492 e. The van der Waals surface area contributed by atoms with Gasteiger partial charge >= 0.3 is 0 Å². The van der Waals surface area contributed by atoms with Crippen LogP contribution in [-0.4, -0.2) is 44.1 Å². The molecule has 0 atom stereocenters. The molecule has 1 fully saturated rings. The van der Waals surface area contributed by atoms with Gasteiger partial charge in [0.1, 0.15) is 12.4 Å². The standard InChI is InChI=1S/C19H32N4O/c1-23(2)13-14-24-18-12-8-7-9-16(18)15-21-19(20)22-17-10-5-3-4-6-11-17/h7-9,12,17H,3-6,10-11,13-15H2,1-2H3,(H3,20,21,22). The molecule has 1 aromatic carbocycles. The first-order valence-corrected chi connectivity index (χ1v) is 9.07. The van der Waals surface area contributed by atoms with Crippen molar-refractivity contribution in [3.05, 3.63) is 29.8 Å². The van der Waals surface area contributed by atoms with E-state index in [0.717, 1.165) is 17.9 Å². The smallest absolute Gasteiger partial charge is 0.189 e. The molecule has 24 heavy (non-hydrogen) atoms. The van der Waals surface area contributed by atoms with Gasteiger partial charge in [-0.05, 0) is 33.0 Å². The predicted octanol–water partition coefficient (Wildman–Crippen LogP) is 2.75. The highest BCUT2D eigenvalue weighted by atomic mass is 16.5. The predicted molar refractivity (Wildman–Crippen MR) is 100 cm³/mol. The molecule has 0 unspecified atom stereocenters. The fourth-order valence-corrected chi connectivity index (χ4v) is 2.96. The molecule has 5 heteroatoms. The topological polar surface area (TPSA) is 62.9 Å². The number of para-hydroxylation sites is 1. The Bertz CT molecular complexity index is 508. The van der Waals surface area contributed by atoms with Crippen molar-refractivity contribution >= 4 is 5.96 Å². The third-order valence-corrected chi connectivity index (χ3v) is 4.40. The highest BCUT2D eigenvalue weighted by molar-refractivity contribution is 5.78. The lowest BCUT2D eigenvalue weighted by Gasteiger charge is -2.17. The van der Waals surface area contributed by atoms with Crippen molar-refractivity contribution in [3.63, 3.8) is 0 Å². The molecule has 2 rings (SSSR count). The fourth-order valence-electron chi connectivity index (χ4n) is 2.96. The van der Waals surface area contributed by atoms with E-state index in [-0.39, 0.29) is 0 Å². The van der Waals surface area contributed by atoms with Gasteiger partial charge in [0, 0.05) is 18.2 Å². The number of ether oxygens (including phenoxy) is 1. The van der Waals surface area contributed by atoms with Crippen LogP contribution >= 0.6 is 0 Å². The van der Waals surface area contributed by atoms with Crippen LogP contribution in [0.4, 0.5) is 0 Å². The number of nitrogens with zero attached hydrogens (tertiary/aromatic N) is 2. The van der Waals surface area contributed by atoms with Crippen molar-refractivity contribution in [1.82, 2.24) is 10.2 Å². The van der Waals surface area contributed by atoms with E-state index in [1.54, 1.807) is 0 Å². The highest BCUT2D eigenvalue weighted by Crippen LogP contribution is 2.19. The molecule has 0 aliphatic heterocycles. The summed E-state index contributed by atoms with van der Waals surface area (Å²) < 4.78 is 5.87. The zero-order valence-corrected chi connectivity index (χ0v) is 15.1. The Labute approximate surface area is 146 Å².